The Morgan fingerprint density at radius 1 is 0.967 bits per heavy atom. The highest BCUT2D eigenvalue weighted by Crippen LogP contribution is 2.27. The number of fused-ring (bicyclic) bond motifs is 1. The number of anilines is 2. The van der Waals surface area contributed by atoms with E-state index in [-0.39, 0.29) is 21.4 Å². The highest BCUT2D eigenvalue weighted by Gasteiger charge is 2.20. The van der Waals surface area contributed by atoms with Gasteiger partial charge < -0.3 is 9.73 Å². The first-order valence-electron chi connectivity index (χ1n) is 9.01. The van der Waals surface area contributed by atoms with E-state index in [0.717, 1.165) is 5.39 Å². The largest absolute Gasteiger partial charge is 0.451 e. The normalized spacial score (nSPS) is 11.4. The average Bonchev–Trinajstić information content (AvgIpc) is 3.15. The third-order valence-corrected chi connectivity index (χ3v) is 6.34. The molecule has 152 valence electrons. The minimum Gasteiger partial charge on any atom is -0.451 e. The van der Waals surface area contributed by atoms with Gasteiger partial charge >= 0.3 is 0 Å². The van der Waals surface area contributed by atoms with Crippen LogP contribution in [0.1, 0.15) is 16.1 Å². The molecule has 0 atom stereocenters. The van der Waals surface area contributed by atoms with Gasteiger partial charge in [-0.3, -0.25) is 9.52 Å². The van der Waals surface area contributed by atoms with Crippen molar-refractivity contribution in [1.29, 1.82) is 0 Å². The summed E-state index contributed by atoms with van der Waals surface area (Å²) in [7, 11) is -3.92. The van der Waals surface area contributed by atoms with E-state index in [4.69, 9.17) is 16.0 Å². The minimum absolute atomic E-state index is 0.0322. The van der Waals surface area contributed by atoms with Crippen molar-refractivity contribution < 1.29 is 17.6 Å². The Balaban J connectivity index is 1.61. The predicted molar refractivity (Wildman–Crippen MR) is 118 cm³/mol. The van der Waals surface area contributed by atoms with Crippen molar-refractivity contribution in [2.45, 2.75) is 11.8 Å². The number of halogens is 1. The zero-order chi connectivity index (χ0) is 21.3. The van der Waals surface area contributed by atoms with Gasteiger partial charge in [0.05, 0.1) is 15.6 Å². The number of hydrogen-bond donors (Lipinski definition) is 2. The highest BCUT2D eigenvalue weighted by atomic mass is 35.5. The molecule has 4 rings (SSSR count). The second-order valence-electron chi connectivity index (χ2n) is 6.67. The molecule has 3 aromatic carbocycles. The van der Waals surface area contributed by atoms with Crippen LogP contribution in [0.5, 0.6) is 0 Å². The van der Waals surface area contributed by atoms with Crippen molar-refractivity contribution >= 4 is 49.9 Å². The second-order valence-corrected chi connectivity index (χ2v) is 8.73. The molecule has 0 saturated carbocycles. The number of para-hydroxylation sites is 2. The first-order chi connectivity index (χ1) is 14.3. The Morgan fingerprint density at radius 3 is 2.47 bits per heavy atom. The first kappa shape index (κ1) is 20.0. The van der Waals surface area contributed by atoms with Gasteiger partial charge in [-0.2, -0.15) is 0 Å². The van der Waals surface area contributed by atoms with E-state index in [0.29, 0.717) is 16.8 Å². The van der Waals surface area contributed by atoms with Gasteiger partial charge in [0.15, 0.2) is 5.76 Å². The zero-order valence-electron chi connectivity index (χ0n) is 15.8. The van der Waals surface area contributed by atoms with Crippen LogP contribution >= 0.6 is 11.6 Å². The fourth-order valence-electron chi connectivity index (χ4n) is 3.00. The number of hydrogen-bond acceptors (Lipinski definition) is 4. The lowest BCUT2D eigenvalue weighted by Gasteiger charge is -2.13. The number of rotatable bonds is 5. The Morgan fingerprint density at radius 2 is 1.70 bits per heavy atom. The molecule has 1 heterocycles. The number of furan rings is 1. The molecule has 1 amide bonds. The Kier molecular flexibility index (Phi) is 5.24. The van der Waals surface area contributed by atoms with Gasteiger partial charge in [0.1, 0.15) is 5.58 Å². The molecule has 1 aromatic heterocycles. The summed E-state index contributed by atoms with van der Waals surface area (Å²) in [4.78, 5) is 12.6. The number of sulfonamides is 1. The Labute approximate surface area is 178 Å². The van der Waals surface area contributed by atoms with Crippen LogP contribution in [-0.4, -0.2) is 14.3 Å². The van der Waals surface area contributed by atoms with E-state index < -0.39 is 15.9 Å². The Bertz CT molecular complexity index is 1330. The van der Waals surface area contributed by atoms with Gasteiger partial charge in [0.25, 0.3) is 15.9 Å². The van der Waals surface area contributed by atoms with Crippen molar-refractivity contribution in [2.24, 2.45) is 0 Å². The smallest absolute Gasteiger partial charge is 0.291 e. The fourth-order valence-corrected chi connectivity index (χ4v) is 4.59. The van der Waals surface area contributed by atoms with Crippen LogP contribution < -0.4 is 10.0 Å². The van der Waals surface area contributed by atoms with E-state index in [1.807, 2.05) is 18.2 Å². The molecule has 0 aliphatic carbocycles. The molecular formula is C22H17ClN2O4S. The number of carbonyl (C=O) groups excluding carboxylic acids is 1. The van der Waals surface area contributed by atoms with Crippen LogP contribution in [0, 0.1) is 6.92 Å². The first-order valence-corrected chi connectivity index (χ1v) is 10.9. The van der Waals surface area contributed by atoms with Crippen LogP contribution in [0.3, 0.4) is 0 Å². The molecule has 0 saturated heterocycles. The quantitative estimate of drug-likeness (QED) is 0.432. The number of carbonyl (C=O) groups is 1. The number of amides is 1. The summed E-state index contributed by atoms with van der Waals surface area (Å²) < 4.78 is 33.8. The van der Waals surface area contributed by atoms with Gasteiger partial charge in [0.2, 0.25) is 0 Å². The topological polar surface area (TPSA) is 88.4 Å². The molecule has 2 N–H and O–H groups in total. The minimum atomic E-state index is -3.92. The van der Waals surface area contributed by atoms with Gasteiger partial charge in [-0.15, -0.1) is 0 Å². The molecule has 0 aliphatic heterocycles. The van der Waals surface area contributed by atoms with Gasteiger partial charge in [0, 0.05) is 11.1 Å². The third-order valence-electron chi connectivity index (χ3n) is 4.50. The summed E-state index contributed by atoms with van der Waals surface area (Å²) in [5.41, 5.74) is 1.72. The van der Waals surface area contributed by atoms with E-state index in [2.05, 4.69) is 10.0 Å². The van der Waals surface area contributed by atoms with E-state index in [9.17, 15) is 13.2 Å². The lowest BCUT2D eigenvalue weighted by molar-refractivity contribution is 0.0998. The van der Waals surface area contributed by atoms with Crippen LogP contribution in [0.4, 0.5) is 11.4 Å². The maximum Gasteiger partial charge on any atom is 0.291 e. The summed E-state index contributed by atoms with van der Waals surface area (Å²) in [6.45, 7) is 1.67. The lowest BCUT2D eigenvalue weighted by atomic mass is 10.2. The third kappa shape index (κ3) is 4.03. The van der Waals surface area contributed by atoms with Gasteiger partial charge in [-0.1, -0.05) is 48.0 Å². The highest BCUT2D eigenvalue weighted by molar-refractivity contribution is 7.92. The lowest BCUT2D eigenvalue weighted by Crippen LogP contribution is -2.16. The molecule has 0 unspecified atom stereocenters. The molecular weight excluding hydrogens is 424 g/mol. The van der Waals surface area contributed by atoms with Crippen LogP contribution in [0.2, 0.25) is 5.02 Å². The number of nitrogens with one attached hydrogen (secondary N) is 2. The van der Waals surface area contributed by atoms with Crippen LogP contribution in [0.15, 0.2) is 82.1 Å². The van der Waals surface area contributed by atoms with Crippen molar-refractivity contribution in [2.75, 3.05) is 10.0 Å². The number of benzene rings is 3. The molecule has 4 aromatic rings. The second kappa shape index (κ2) is 7.85. The molecule has 0 bridgehead atoms. The van der Waals surface area contributed by atoms with E-state index in [1.54, 1.807) is 55.5 Å². The molecule has 0 fully saturated rings. The summed E-state index contributed by atoms with van der Waals surface area (Å²) in [5, 5.41) is 3.77. The predicted octanol–water partition coefficient (Wildman–Crippen LogP) is 5.45. The van der Waals surface area contributed by atoms with Gasteiger partial charge in [-0.25, -0.2) is 8.42 Å². The maximum atomic E-state index is 12.9. The molecule has 0 aliphatic rings. The van der Waals surface area contributed by atoms with Crippen LogP contribution in [-0.2, 0) is 10.0 Å². The molecule has 0 spiro atoms. The van der Waals surface area contributed by atoms with E-state index >= 15 is 0 Å². The summed E-state index contributed by atoms with van der Waals surface area (Å²) >= 11 is 6.06. The molecule has 30 heavy (non-hydrogen) atoms. The van der Waals surface area contributed by atoms with E-state index in [1.165, 1.54) is 6.07 Å². The van der Waals surface area contributed by atoms with Crippen molar-refractivity contribution in [3.8, 4) is 0 Å². The Hall–Kier alpha value is -3.29. The van der Waals surface area contributed by atoms with Crippen molar-refractivity contribution in [3.63, 3.8) is 0 Å². The summed E-state index contributed by atoms with van der Waals surface area (Å²) in [5.74, 6) is -0.340. The van der Waals surface area contributed by atoms with Crippen molar-refractivity contribution in [3.05, 3.63) is 89.1 Å². The fraction of sp³-hybridized carbons (Fsp3) is 0.0455. The van der Waals surface area contributed by atoms with Crippen molar-refractivity contribution in [1.82, 2.24) is 0 Å². The summed E-state index contributed by atoms with van der Waals surface area (Å²) in [6.07, 6.45) is 0. The van der Waals surface area contributed by atoms with Crippen LogP contribution in [0.25, 0.3) is 11.0 Å². The summed E-state index contributed by atoms with van der Waals surface area (Å²) in [6, 6.07) is 20.1. The maximum absolute atomic E-state index is 12.9. The number of aryl methyl sites for hydroxylation is 1. The molecule has 6 nitrogen and oxygen atoms in total. The zero-order valence-corrected chi connectivity index (χ0v) is 17.4. The van der Waals surface area contributed by atoms with Gasteiger partial charge in [-0.05, 0) is 48.9 Å². The molecule has 0 radical (unpaired) electrons. The average molecular weight is 441 g/mol. The standard InChI is InChI=1S/C22H17ClN2O4S/c1-14-10-11-16(24-22(26)20-12-15-6-2-5-9-19(15)29-20)13-21(14)30(27,28)25-18-8-4-3-7-17(18)23/h2-13,25H,1H3,(H,24,26). The monoisotopic (exact) mass is 440 g/mol. The molecule has 8 heteroatoms. The SMILES string of the molecule is Cc1ccc(NC(=O)c2cc3ccccc3o2)cc1S(=O)(=O)Nc1ccccc1Cl.